The summed E-state index contributed by atoms with van der Waals surface area (Å²) >= 11 is 0. The van der Waals surface area contributed by atoms with Gasteiger partial charge in [-0.2, -0.15) is 0 Å². The van der Waals surface area contributed by atoms with E-state index < -0.39 is 0 Å². The molecule has 0 amide bonds. The molecule has 1 N–H and O–H groups in total. The van der Waals surface area contributed by atoms with E-state index in [1.165, 1.54) is 5.56 Å². The second-order valence-electron chi connectivity index (χ2n) is 6.02. The number of benzene rings is 1. The Morgan fingerprint density at radius 2 is 2.09 bits per heavy atom. The summed E-state index contributed by atoms with van der Waals surface area (Å²) in [5.74, 6) is -0.185. The van der Waals surface area contributed by atoms with Crippen LogP contribution in [0.5, 0.6) is 0 Å². The largest absolute Gasteiger partial charge is 0.465 e. The van der Waals surface area contributed by atoms with Crippen LogP contribution in [0.2, 0.25) is 0 Å². The van der Waals surface area contributed by atoms with Crippen molar-refractivity contribution < 1.29 is 14.3 Å². The highest BCUT2D eigenvalue weighted by molar-refractivity contribution is 5.71. The van der Waals surface area contributed by atoms with Gasteiger partial charge in [0.15, 0.2) is 0 Å². The van der Waals surface area contributed by atoms with Gasteiger partial charge >= 0.3 is 5.97 Å². The van der Waals surface area contributed by atoms with Crippen molar-refractivity contribution >= 4 is 5.97 Å². The number of carbonyl (C=O) groups excluding carboxylic acids is 1. The minimum Gasteiger partial charge on any atom is -0.465 e. The third-order valence-electron chi connectivity index (χ3n) is 4.16. The monoisotopic (exact) mass is 320 g/mol. The Balaban J connectivity index is 1.76. The maximum atomic E-state index is 11.7. The smallest absolute Gasteiger partial charge is 0.319 e. The SMILES string of the molecule is CCCCOC(=O)CN[C@@H]1CN(Cc2ccccc2)C[C@H]1OC. The topological polar surface area (TPSA) is 50.8 Å². The van der Waals surface area contributed by atoms with Gasteiger partial charge in [-0.1, -0.05) is 43.7 Å². The van der Waals surface area contributed by atoms with Gasteiger partial charge in [0, 0.05) is 32.8 Å². The summed E-state index contributed by atoms with van der Waals surface area (Å²) in [4.78, 5) is 14.1. The van der Waals surface area contributed by atoms with E-state index in [-0.39, 0.29) is 24.7 Å². The van der Waals surface area contributed by atoms with Crippen molar-refractivity contribution in [1.82, 2.24) is 10.2 Å². The molecule has 23 heavy (non-hydrogen) atoms. The molecular formula is C18H28N2O3. The summed E-state index contributed by atoms with van der Waals surface area (Å²) < 4.78 is 10.7. The van der Waals surface area contributed by atoms with Gasteiger partial charge < -0.3 is 14.8 Å². The van der Waals surface area contributed by atoms with Crippen LogP contribution in [0.1, 0.15) is 25.3 Å². The first-order chi connectivity index (χ1) is 11.2. The minimum atomic E-state index is -0.185. The normalized spacial score (nSPS) is 21.5. The van der Waals surface area contributed by atoms with Crippen molar-refractivity contribution in [3.05, 3.63) is 35.9 Å². The molecule has 0 radical (unpaired) electrons. The summed E-state index contributed by atoms with van der Waals surface area (Å²) in [5.41, 5.74) is 1.29. The van der Waals surface area contributed by atoms with Crippen molar-refractivity contribution in [3.8, 4) is 0 Å². The van der Waals surface area contributed by atoms with Crippen molar-refractivity contribution in [2.45, 2.75) is 38.5 Å². The number of unbranched alkanes of at least 4 members (excludes halogenated alkanes) is 1. The zero-order valence-electron chi connectivity index (χ0n) is 14.2. The Kier molecular flexibility index (Phi) is 7.52. The zero-order valence-corrected chi connectivity index (χ0v) is 14.2. The third kappa shape index (κ3) is 5.94. The summed E-state index contributed by atoms with van der Waals surface area (Å²) in [6.45, 7) is 5.47. The van der Waals surface area contributed by atoms with Crippen molar-refractivity contribution in [2.75, 3.05) is 33.4 Å². The Bertz CT molecular complexity index is 467. The van der Waals surface area contributed by atoms with Crippen LogP contribution in [-0.2, 0) is 20.8 Å². The van der Waals surface area contributed by atoms with Crippen LogP contribution in [0.3, 0.4) is 0 Å². The molecular weight excluding hydrogens is 292 g/mol. The number of hydrogen-bond acceptors (Lipinski definition) is 5. The number of esters is 1. The van der Waals surface area contributed by atoms with Gasteiger partial charge in [0.2, 0.25) is 0 Å². The fourth-order valence-electron chi connectivity index (χ4n) is 2.85. The lowest BCUT2D eigenvalue weighted by Crippen LogP contribution is -2.43. The molecule has 0 spiro atoms. The molecule has 0 aromatic heterocycles. The van der Waals surface area contributed by atoms with Gasteiger partial charge in [-0.25, -0.2) is 0 Å². The number of rotatable bonds is 9. The highest BCUT2D eigenvalue weighted by atomic mass is 16.5. The number of nitrogens with one attached hydrogen (secondary N) is 1. The van der Waals surface area contributed by atoms with Crippen LogP contribution in [0.25, 0.3) is 0 Å². The van der Waals surface area contributed by atoms with E-state index in [0.717, 1.165) is 32.5 Å². The molecule has 2 rings (SSSR count). The number of hydrogen-bond donors (Lipinski definition) is 1. The predicted octanol–water partition coefficient (Wildman–Crippen LogP) is 1.82. The number of likely N-dealkylation sites (tertiary alicyclic amines) is 1. The molecule has 2 atom stereocenters. The van der Waals surface area contributed by atoms with Gasteiger partial charge in [0.1, 0.15) is 0 Å². The Hall–Kier alpha value is -1.43. The van der Waals surface area contributed by atoms with Crippen LogP contribution in [0, 0.1) is 0 Å². The molecule has 0 bridgehead atoms. The second kappa shape index (κ2) is 9.65. The molecule has 1 aliphatic heterocycles. The summed E-state index contributed by atoms with van der Waals surface area (Å²) in [6.07, 6.45) is 2.05. The van der Waals surface area contributed by atoms with E-state index in [1.807, 2.05) is 6.07 Å². The first-order valence-corrected chi connectivity index (χ1v) is 8.41. The average molecular weight is 320 g/mol. The maximum Gasteiger partial charge on any atom is 0.319 e. The van der Waals surface area contributed by atoms with Gasteiger partial charge in [0.25, 0.3) is 0 Å². The van der Waals surface area contributed by atoms with E-state index in [4.69, 9.17) is 9.47 Å². The van der Waals surface area contributed by atoms with E-state index in [1.54, 1.807) is 7.11 Å². The Morgan fingerprint density at radius 3 is 2.78 bits per heavy atom. The molecule has 1 heterocycles. The minimum absolute atomic E-state index is 0.0992. The number of nitrogens with zero attached hydrogens (tertiary/aromatic N) is 1. The fraction of sp³-hybridized carbons (Fsp3) is 0.611. The van der Waals surface area contributed by atoms with Crippen LogP contribution >= 0.6 is 0 Å². The van der Waals surface area contributed by atoms with Crippen LogP contribution in [-0.4, -0.2) is 56.4 Å². The van der Waals surface area contributed by atoms with Crippen molar-refractivity contribution in [1.29, 1.82) is 0 Å². The van der Waals surface area contributed by atoms with E-state index in [2.05, 4.69) is 41.4 Å². The van der Waals surface area contributed by atoms with Crippen LogP contribution in [0.15, 0.2) is 30.3 Å². The van der Waals surface area contributed by atoms with Crippen LogP contribution in [0.4, 0.5) is 0 Å². The molecule has 0 aliphatic carbocycles. The summed E-state index contributed by atoms with van der Waals surface area (Å²) in [7, 11) is 1.73. The Labute approximate surface area is 139 Å². The standard InChI is InChI=1S/C18H28N2O3/c1-3-4-10-23-18(21)11-19-16-13-20(14-17(16)22-2)12-15-8-6-5-7-9-15/h5-9,16-17,19H,3-4,10-14H2,1-2H3/t16-,17-/m1/s1. The fourth-order valence-corrected chi connectivity index (χ4v) is 2.85. The van der Waals surface area contributed by atoms with Gasteiger partial charge in [-0.3, -0.25) is 9.69 Å². The lowest BCUT2D eigenvalue weighted by molar-refractivity contribution is -0.142. The van der Waals surface area contributed by atoms with Gasteiger partial charge in [-0.05, 0) is 12.0 Å². The molecule has 0 saturated carbocycles. The molecule has 5 heteroatoms. The second-order valence-corrected chi connectivity index (χ2v) is 6.02. The predicted molar refractivity (Wildman–Crippen MR) is 90.2 cm³/mol. The quantitative estimate of drug-likeness (QED) is 0.555. The molecule has 5 nitrogen and oxygen atoms in total. The van der Waals surface area contributed by atoms with Gasteiger partial charge in [-0.15, -0.1) is 0 Å². The lowest BCUT2D eigenvalue weighted by atomic mass is 10.2. The van der Waals surface area contributed by atoms with Crippen LogP contribution < -0.4 is 5.32 Å². The summed E-state index contributed by atoms with van der Waals surface area (Å²) in [5, 5.41) is 3.28. The highest BCUT2D eigenvalue weighted by Gasteiger charge is 2.32. The number of carbonyl (C=O) groups is 1. The first kappa shape index (κ1) is 17.9. The first-order valence-electron chi connectivity index (χ1n) is 8.41. The number of ether oxygens (including phenoxy) is 2. The molecule has 1 aromatic rings. The Morgan fingerprint density at radius 1 is 1.30 bits per heavy atom. The molecule has 1 aromatic carbocycles. The van der Waals surface area contributed by atoms with Crippen molar-refractivity contribution in [3.63, 3.8) is 0 Å². The average Bonchev–Trinajstić information content (AvgIpc) is 2.96. The van der Waals surface area contributed by atoms with E-state index in [0.29, 0.717) is 6.61 Å². The maximum absolute atomic E-state index is 11.7. The number of methoxy groups -OCH3 is 1. The lowest BCUT2D eigenvalue weighted by Gasteiger charge is -2.18. The molecule has 1 fully saturated rings. The third-order valence-corrected chi connectivity index (χ3v) is 4.16. The molecule has 1 saturated heterocycles. The van der Waals surface area contributed by atoms with Gasteiger partial charge in [0.05, 0.1) is 19.3 Å². The van der Waals surface area contributed by atoms with Crippen molar-refractivity contribution in [2.24, 2.45) is 0 Å². The molecule has 0 unspecified atom stereocenters. The zero-order chi connectivity index (χ0) is 16.5. The summed E-state index contributed by atoms with van der Waals surface area (Å²) in [6, 6.07) is 10.6. The van der Waals surface area contributed by atoms with E-state index in [9.17, 15) is 4.79 Å². The molecule has 128 valence electrons. The highest BCUT2D eigenvalue weighted by Crippen LogP contribution is 2.16. The molecule has 1 aliphatic rings. The van der Waals surface area contributed by atoms with E-state index >= 15 is 0 Å².